The van der Waals surface area contributed by atoms with E-state index in [-0.39, 0.29) is 10.8 Å². The number of anilines is 12. The summed E-state index contributed by atoms with van der Waals surface area (Å²) >= 11 is 0. The number of hydrogen-bond acceptors (Lipinski definition) is 4. The van der Waals surface area contributed by atoms with Crippen molar-refractivity contribution in [1.29, 1.82) is 0 Å². The van der Waals surface area contributed by atoms with Crippen molar-refractivity contribution in [1.82, 2.24) is 0 Å². The second-order valence-electron chi connectivity index (χ2n) is 24.9. The van der Waals surface area contributed by atoms with E-state index in [2.05, 4.69) is 375 Å². The highest BCUT2D eigenvalue weighted by molar-refractivity contribution is 6.13. The van der Waals surface area contributed by atoms with Gasteiger partial charge in [-0.15, -0.1) is 0 Å². The Labute approximate surface area is 528 Å². The maximum atomic E-state index is 2.48. The summed E-state index contributed by atoms with van der Waals surface area (Å²) in [7, 11) is 0. The van der Waals surface area contributed by atoms with Crippen molar-refractivity contribution >= 4 is 89.8 Å². The molecule has 2 aliphatic carbocycles. The Morgan fingerprint density at radius 2 is 0.422 bits per heavy atom. The largest absolute Gasteiger partial charge is 0.311 e. The minimum atomic E-state index is -0.184. The molecular weight excluding hydrogens is 1090 g/mol. The molecule has 14 aromatic carbocycles. The first-order chi connectivity index (χ1) is 44.2. The molecule has 0 bridgehead atoms. The normalized spacial score (nSPS) is 13.1. The number of rotatable bonds is 13. The minimum absolute atomic E-state index is 0.184. The molecule has 430 valence electrons. The Hall–Kier alpha value is -11.2. The van der Waals surface area contributed by atoms with Crippen molar-refractivity contribution in [3.05, 3.63) is 350 Å². The van der Waals surface area contributed by atoms with Crippen molar-refractivity contribution in [2.45, 2.75) is 38.5 Å². The van der Waals surface area contributed by atoms with Crippen LogP contribution in [0.5, 0.6) is 0 Å². The van der Waals surface area contributed by atoms with Crippen molar-refractivity contribution < 1.29 is 0 Å². The van der Waals surface area contributed by atoms with Gasteiger partial charge in [-0.25, -0.2) is 0 Å². The molecule has 0 saturated heterocycles. The SMILES string of the molecule is CC1(C)c2ccccc2-c2ccc(N(c3ccc(N(c4ccccc4)c4ccccc4)cc3)c3ccc(-c4ccc(N(c5ccc(N(c6ccccc6)c6ccccc6)cc5)c5ccc6c(c5)C(C)(C)c5ccccc5-6)c5ccccc45)c4ccccc34)cc21. The quantitative estimate of drug-likeness (QED) is 0.114. The Kier molecular flexibility index (Phi) is 13.2. The average molecular weight is 1160 g/mol. The summed E-state index contributed by atoms with van der Waals surface area (Å²) in [5, 5.41) is 4.68. The van der Waals surface area contributed by atoms with Crippen LogP contribution in [-0.4, -0.2) is 0 Å². The number of fused-ring (bicyclic) bond motifs is 8. The highest BCUT2D eigenvalue weighted by Gasteiger charge is 2.38. The van der Waals surface area contributed by atoms with Crippen molar-refractivity contribution in [3.8, 4) is 33.4 Å². The molecule has 0 amide bonds. The Bertz CT molecular complexity index is 4600. The molecule has 0 heterocycles. The molecule has 0 unspecified atom stereocenters. The molecule has 0 saturated carbocycles. The Morgan fingerprint density at radius 1 is 0.178 bits per heavy atom. The van der Waals surface area contributed by atoms with Gasteiger partial charge in [-0.3, -0.25) is 0 Å². The lowest BCUT2D eigenvalue weighted by atomic mass is 9.82. The maximum absolute atomic E-state index is 2.48. The first-order valence-corrected chi connectivity index (χ1v) is 31.3. The van der Waals surface area contributed by atoms with E-state index in [9.17, 15) is 0 Å². The third-order valence-electron chi connectivity index (χ3n) is 19.0. The third kappa shape index (κ3) is 9.05. The van der Waals surface area contributed by atoms with Crippen LogP contribution in [-0.2, 0) is 10.8 Å². The van der Waals surface area contributed by atoms with E-state index in [0.717, 1.165) is 79.0 Å². The van der Waals surface area contributed by atoms with Crippen molar-refractivity contribution in [2.75, 3.05) is 19.6 Å². The fourth-order valence-electron chi connectivity index (χ4n) is 14.6. The number of para-hydroxylation sites is 4. The molecule has 0 N–H and O–H groups in total. The minimum Gasteiger partial charge on any atom is -0.311 e. The van der Waals surface area contributed by atoms with Gasteiger partial charge in [0, 0.05) is 78.5 Å². The lowest BCUT2D eigenvalue weighted by Crippen LogP contribution is -2.17. The number of nitrogens with zero attached hydrogens (tertiary/aromatic N) is 4. The second kappa shape index (κ2) is 21.9. The monoisotopic (exact) mass is 1150 g/mol. The molecule has 2 aliphatic rings. The first kappa shape index (κ1) is 54.2. The predicted octanol–water partition coefficient (Wildman–Crippen LogP) is 24.2. The van der Waals surface area contributed by atoms with Gasteiger partial charge in [0.2, 0.25) is 0 Å². The van der Waals surface area contributed by atoms with Crippen LogP contribution in [0.1, 0.15) is 49.9 Å². The van der Waals surface area contributed by atoms with Gasteiger partial charge in [0.25, 0.3) is 0 Å². The molecular formula is C86H66N4. The fraction of sp³-hybridized carbons (Fsp3) is 0.0698. The second-order valence-corrected chi connectivity index (χ2v) is 24.9. The zero-order valence-electron chi connectivity index (χ0n) is 51.0. The topological polar surface area (TPSA) is 13.0 Å². The molecule has 0 radical (unpaired) electrons. The molecule has 0 atom stereocenters. The van der Waals surface area contributed by atoms with E-state index < -0.39 is 0 Å². The first-order valence-electron chi connectivity index (χ1n) is 31.3. The van der Waals surface area contributed by atoms with Gasteiger partial charge >= 0.3 is 0 Å². The van der Waals surface area contributed by atoms with Crippen LogP contribution in [0.15, 0.2) is 328 Å². The average Bonchev–Trinajstić information content (AvgIpc) is 1.46. The molecule has 0 aromatic heterocycles. The molecule has 4 nitrogen and oxygen atoms in total. The van der Waals surface area contributed by atoms with Crippen LogP contribution in [0.2, 0.25) is 0 Å². The van der Waals surface area contributed by atoms with Gasteiger partial charge in [-0.1, -0.05) is 222 Å². The Balaban J connectivity index is 0.846. The summed E-state index contributed by atoms with van der Waals surface area (Å²) in [6, 6.07) is 120. The lowest BCUT2D eigenvalue weighted by molar-refractivity contribution is 0.660. The highest BCUT2D eigenvalue weighted by Crippen LogP contribution is 2.54. The van der Waals surface area contributed by atoms with E-state index in [1.165, 1.54) is 66.4 Å². The van der Waals surface area contributed by atoms with Gasteiger partial charge in [0.1, 0.15) is 0 Å². The van der Waals surface area contributed by atoms with Crippen LogP contribution >= 0.6 is 0 Å². The molecule has 90 heavy (non-hydrogen) atoms. The smallest absolute Gasteiger partial charge is 0.0540 e. The standard InChI is InChI=1S/C86H66N4/c1-85(2)79-39-23-21-35-73(79)75-51-49-67(57-81(75)85)89(65-45-41-63(42-46-65)87(59-25-9-5-10-26-59)60-27-11-6-12-28-60)83-55-53-71(69-33-17-19-37-77(69)83)72-54-56-84(78-38-20-18-34-70(72)78)90(68-50-52-76-74-36-22-24-40-80(74)86(3,4)82(76)58-68)66-47-43-64(44-48-66)88(61-29-13-7-14-30-61)62-31-15-8-16-32-62/h5-58H,1-4H3. The van der Waals surface area contributed by atoms with Gasteiger partial charge in [-0.05, 0) is 200 Å². The highest BCUT2D eigenvalue weighted by atomic mass is 15.2. The van der Waals surface area contributed by atoms with E-state index in [1.54, 1.807) is 0 Å². The van der Waals surface area contributed by atoms with Crippen LogP contribution in [0.25, 0.3) is 54.9 Å². The fourth-order valence-corrected chi connectivity index (χ4v) is 14.6. The van der Waals surface area contributed by atoms with Crippen LogP contribution in [0.3, 0.4) is 0 Å². The van der Waals surface area contributed by atoms with Crippen LogP contribution < -0.4 is 19.6 Å². The molecule has 4 heteroatoms. The predicted molar refractivity (Wildman–Crippen MR) is 381 cm³/mol. The van der Waals surface area contributed by atoms with E-state index in [1.807, 2.05) is 0 Å². The van der Waals surface area contributed by atoms with E-state index in [4.69, 9.17) is 0 Å². The van der Waals surface area contributed by atoms with Crippen molar-refractivity contribution in [2.24, 2.45) is 0 Å². The molecule has 0 aliphatic heterocycles. The maximum Gasteiger partial charge on any atom is 0.0540 e. The zero-order valence-corrected chi connectivity index (χ0v) is 51.0. The van der Waals surface area contributed by atoms with E-state index in [0.29, 0.717) is 0 Å². The lowest BCUT2D eigenvalue weighted by Gasteiger charge is -2.31. The number of benzene rings is 14. The van der Waals surface area contributed by atoms with Crippen molar-refractivity contribution in [3.63, 3.8) is 0 Å². The third-order valence-corrected chi connectivity index (χ3v) is 19.0. The van der Waals surface area contributed by atoms with Crippen LogP contribution in [0.4, 0.5) is 68.2 Å². The summed E-state index contributed by atoms with van der Waals surface area (Å²) < 4.78 is 0. The molecule has 16 rings (SSSR count). The summed E-state index contributed by atoms with van der Waals surface area (Å²) in [5.74, 6) is 0. The summed E-state index contributed by atoms with van der Waals surface area (Å²) in [6.45, 7) is 9.48. The summed E-state index contributed by atoms with van der Waals surface area (Å²) in [4.78, 5) is 9.61. The molecule has 0 fully saturated rings. The molecule has 14 aromatic rings. The van der Waals surface area contributed by atoms with Gasteiger partial charge in [-0.2, -0.15) is 0 Å². The summed E-state index contributed by atoms with van der Waals surface area (Å²) in [6.07, 6.45) is 0. The summed E-state index contributed by atoms with van der Waals surface area (Å²) in [5.41, 5.74) is 25.7. The zero-order chi connectivity index (χ0) is 60.5. The van der Waals surface area contributed by atoms with Gasteiger partial charge in [0.15, 0.2) is 0 Å². The van der Waals surface area contributed by atoms with Gasteiger partial charge in [0.05, 0.1) is 11.4 Å². The Morgan fingerprint density at radius 3 is 0.767 bits per heavy atom. The number of hydrogen-bond donors (Lipinski definition) is 0. The molecule has 0 spiro atoms. The van der Waals surface area contributed by atoms with E-state index >= 15 is 0 Å². The van der Waals surface area contributed by atoms with Crippen LogP contribution in [0, 0.1) is 0 Å². The van der Waals surface area contributed by atoms with Gasteiger partial charge < -0.3 is 19.6 Å².